The molecule has 2 heteroatoms. The number of rotatable bonds is 1. The van der Waals surface area contributed by atoms with E-state index < -0.39 is 0 Å². The van der Waals surface area contributed by atoms with E-state index in [-0.39, 0.29) is 11.1 Å². The lowest BCUT2D eigenvalue weighted by Gasteiger charge is -2.25. The minimum atomic E-state index is -0.0899. The Morgan fingerprint density at radius 2 is 1.05 bits per heavy atom. The quantitative estimate of drug-likeness (QED) is 0.194. The molecule has 0 bridgehead atoms. The number of hydrogen-bond donors (Lipinski definition) is 0. The third-order valence-electron chi connectivity index (χ3n) is 8.98. The first-order valence-corrected chi connectivity index (χ1v) is 15.0. The molecule has 0 amide bonds. The normalized spacial score (nSPS) is 13.0. The Balaban J connectivity index is 1.52. The van der Waals surface area contributed by atoms with Crippen LogP contribution in [0.4, 0.5) is 0 Å². The minimum Gasteiger partial charge on any atom is -0.335 e. The first-order chi connectivity index (χ1) is 20.1. The Hall–Kier alpha value is -4.56. The molecule has 0 atom stereocenters. The summed E-state index contributed by atoms with van der Waals surface area (Å²) < 4.78 is 5.10. The second kappa shape index (κ2) is 8.49. The lowest BCUT2D eigenvalue weighted by atomic mass is 9.94. The van der Waals surface area contributed by atoms with E-state index in [1.165, 1.54) is 76.3 Å². The molecule has 2 nitrogen and oxygen atoms in total. The maximum absolute atomic E-state index is 2.57. The van der Waals surface area contributed by atoms with Crippen LogP contribution in [-0.4, -0.2) is 9.13 Å². The van der Waals surface area contributed by atoms with E-state index >= 15 is 0 Å². The van der Waals surface area contributed by atoms with Crippen molar-refractivity contribution in [2.24, 2.45) is 0 Å². The molecule has 0 fully saturated rings. The fraction of sp³-hybridized carbons (Fsp3) is 0.200. The molecule has 8 rings (SSSR count). The first kappa shape index (κ1) is 25.2. The van der Waals surface area contributed by atoms with Gasteiger partial charge in [-0.1, -0.05) is 91.0 Å². The van der Waals surface area contributed by atoms with Crippen LogP contribution in [0.3, 0.4) is 0 Å². The van der Waals surface area contributed by atoms with Crippen LogP contribution in [0.2, 0.25) is 0 Å². The molecule has 0 radical (unpaired) electrons. The van der Waals surface area contributed by atoms with Crippen LogP contribution < -0.4 is 0 Å². The van der Waals surface area contributed by atoms with Gasteiger partial charge in [0.15, 0.2) is 0 Å². The Labute approximate surface area is 246 Å². The van der Waals surface area contributed by atoms with Crippen molar-refractivity contribution in [2.45, 2.75) is 52.6 Å². The van der Waals surface area contributed by atoms with Gasteiger partial charge in [0.2, 0.25) is 0 Å². The third kappa shape index (κ3) is 3.45. The van der Waals surface area contributed by atoms with Crippen LogP contribution in [0.5, 0.6) is 0 Å². The molecule has 0 unspecified atom stereocenters. The molecule has 0 aliphatic carbocycles. The summed E-state index contributed by atoms with van der Waals surface area (Å²) in [6.07, 6.45) is 0. The molecular weight excluding hydrogens is 508 g/mol. The van der Waals surface area contributed by atoms with Crippen LogP contribution in [0.15, 0.2) is 109 Å². The largest absolute Gasteiger partial charge is 0.335 e. The van der Waals surface area contributed by atoms with Gasteiger partial charge in [0, 0.05) is 43.5 Å². The summed E-state index contributed by atoms with van der Waals surface area (Å²) in [5.41, 5.74) is 7.57. The molecule has 0 aliphatic heterocycles. The maximum atomic E-state index is 2.57. The molecule has 2 heterocycles. The third-order valence-corrected chi connectivity index (χ3v) is 8.98. The molecule has 2 aromatic heterocycles. The van der Waals surface area contributed by atoms with Gasteiger partial charge in [0.25, 0.3) is 0 Å². The number of nitrogens with zero attached hydrogens (tertiary/aromatic N) is 2. The Kier molecular flexibility index (Phi) is 5.09. The van der Waals surface area contributed by atoms with Gasteiger partial charge >= 0.3 is 0 Å². The summed E-state index contributed by atoms with van der Waals surface area (Å²) in [6, 6.07) is 40.8. The summed E-state index contributed by atoms with van der Waals surface area (Å²) in [6.45, 7) is 13.9. The van der Waals surface area contributed by atoms with E-state index in [1.54, 1.807) is 0 Å². The highest BCUT2D eigenvalue weighted by molar-refractivity contribution is 6.24. The van der Waals surface area contributed by atoms with E-state index in [1.807, 2.05) is 0 Å². The van der Waals surface area contributed by atoms with E-state index in [9.17, 15) is 0 Å². The van der Waals surface area contributed by atoms with Crippen LogP contribution in [0.1, 0.15) is 41.5 Å². The number of aromatic nitrogens is 2. The fourth-order valence-corrected chi connectivity index (χ4v) is 7.43. The average molecular weight is 545 g/mol. The average Bonchev–Trinajstić information content (AvgIpc) is 3.50. The van der Waals surface area contributed by atoms with Crippen LogP contribution in [0, 0.1) is 0 Å². The van der Waals surface area contributed by atoms with Crippen molar-refractivity contribution in [1.29, 1.82) is 0 Å². The lowest BCUT2D eigenvalue weighted by molar-refractivity contribution is 0.423. The second-order valence-electron chi connectivity index (χ2n) is 13.8. The van der Waals surface area contributed by atoms with Crippen molar-refractivity contribution < 1.29 is 0 Å². The van der Waals surface area contributed by atoms with E-state index in [0.717, 1.165) is 0 Å². The summed E-state index contributed by atoms with van der Waals surface area (Å²) in [4.78, 5) is 0. The molecule has 6 aromatic carbocycles. The Morgan fingerprint density at radius 1 is 0.429 bits per heavy atom. The second-order valence-corrected chi connectivity index (χ2v) is 13.8. The molecule has 0 N–H and O–H groups in total. The maximum Gasteiger partial charge on any atom is 0.0576 e. The van der Waals surface area contributed by atoms with Crippen molar-refractivity contribution in [3.05, 3.63) is 109 Å². The summed E-state index contributed by atoms with van der Waals surface area (Å²) in [5, 5.41) is 10.5. The number of hydrogen-bond acceptors (Lipinski definition) is 0. The van der Waals surface area contributed by atoms with Crippen molar-refractivity contribution in [3.63, 3.8) is 0 Å². The van der Waals surface area contributed by atoms with Gasteiger partial charge in [-0.25, -0.2) is 0 Å². The Morgan fingerprint density at radius 3 is 1.79 bits per heavy atom. The van der Waals surface area contributed by atoms with Crippen molar-refractivity contribution in [2.75, 3.05) is 0 Å². The summed E-state index contributed by atoms with van der Waals surface area (Å²) >= 11 is 0. The monoisotopic (exact) mass is 544 g/mol. The molecule has 0 saturated heterocycles. The van der Waals surface area contributed by atoms with Gasteiger partial charge in [0.1, 0.15) is 0 Å². The zero-order chi connectivity index (χ0) is 29.0. The van der Waals surface area contributed by atoms with E-state index in [2.05, 4.69) is 160 Å². The zero-order valence-electron chi connectivity index (χ0n) is 25.3. The van der Waals surface area contributed by atoms with Crippen LogP contribution in [-0.2, 0) is 11.1 Å². The highest BCUT2D eigenvalue weighted by Gasteiger charge is 2.25. The molecular formula is C40H36N2. The topological polar surface area (TPSA) is 9.86 Å². The number of benzene rings is 6. The van der Waals surface area contributed by atoms with E-state index in [0.29, 0.717) is 0 Å². The van der Waals surface area contributed by atoms with Crippen molar-refractivity contribution >= 4 is 65.2 Å². The molecule has 206 valence electrons. The van der Waals surface area contributed by atoms with Gasteiger partial charge in [-0.15, -0.1) is 0 Å². The van der Waals surface area contributed by atoms with Crippen molar-refractivity contribution in [3.8, 4) is 11.1 Å². The highest BCUT2D eigenvalue weighted by Crippen LogP contribution is 2.44. The van der Waals surface area contributed by atoms with Gasteiger partial charge in [-0.3, -0.25) is 0 Å². The minimum absolute atomic E-state index is 0.0647. The molecule has 0 saturated carbocycles. The predicted molar refractivity (Wildman–Crippen MR) is 183 cm³/mol. The van der Waals surface area contributed by atoms with Crippen LogP contribution in [0.25, 0.3) is 76.3 Å². The molecule has 8 aromatic rings. The van der Waals surface area contributed by atoms with Gasteiger partial charge < -0.3 is 9.13 Å². The molecule has 42 heavy (non-hydrogen) atoms. The van der Waals surface area contributed by atoms with Gasteiger partial charge in [0.05, 0.1) is 16.6 Å². The molecule has 0 aliphatic rings. The van der Waals surface area contributed by atoms with Gasteiger partial charge in [-0.2, -0.15) is 0 Å². The fourth-order valence-electron chi connectivity index (χ4n) is 7.43. The van der Waals surface area contributed by atoms with Crippen LogP contribution >= 0.6 is 0 Å². The van der Waals surface area contributed by atoms with Gasteiger partial charge in [-0.05, 0) is 87.0 Å². The predicted octanol–water partition coefficient (Wildman–Crippen LogP) is 11.4. The standard InChI is InChI=1S/C40H36N2/c1-39(2,3)41-34-18-12-11-17-32(34)37-30-16-10-9-15-28(30)33(24-36(37)41)26-20-21-29-31-22-19-25-13-7-8-14-27(25)38(31)42(35(29)23-26)40(4,5)6/h7-24H,1-6H3. The first-order valence-electron chi connectivity index (χ1n) is 15.0. The smallest absolute Gasteiger partial charge is 0.0576 e. The SMILES string of the molecule is CC(C)(C)n1c2ccccc2c2c3ccccc3c(-c3ccc4c5ccc6ccccc6c5n(C(C)(C)C)c4c3)cc21. The van der Waals surface area contributed by atoms with Crippen molar-refractivity contribution in [1.82, 2.24) is 9.13 Å². The Bertz CT molecular complexity index is 2360. The summed E-state index contributed by atoms with van der Waals surface area (Å²) in [7, 11) is 0. The van der Waals surface area contributed by atoms with E-state index in [4.69, 9.17) is 0 Å². The zero-order valence-corrected chi connectivity index (χ0v) is 25.3. The highest BCUT2D eigenvalue weighted by atomic mass is 15.1. The number of fused-ring (bicyclic) bond motifs is 10. The number of para-hydroxylation sites is 1. The summed E-state index contributed by atoms with van der Waals surface area (Å²) in [5.74, 6) is 0. The lowest BCUT2D eigenvalue weighted by Crippen LogP contribution is -2.21. The molecule has 0 spiro atoms.